The first-order valence-electron chi connectivity index (χ1n) is 10.7. The molecule has 164 valence electrons. The normalized spacial score (nSPS) is 26.4. The number of unbranched alkanes of at least 4 members (excludes halogenated alkanes) is 1. The highest BCUT2D eigenvalue weighted by molar-refractivity contribution is 6.74. The van der Waals surface area contributed by atoms with Gasteiger partial charge in [-0.25, -0.2) is 0 Å². The van der Waals surface area contributed by atoms with Crippen molar-refractivity contribution in [1.29, 1.82) is 0 Å². The van der Waals surface area contributed by atoms with Gasteiger partial charge in [0, 0.05) is 18.9 Å². The van der Waals surface area contributed by atoms with Crippen LogP contribution in [0.3, 0.4) is 0 Å². The lowest BCUT2D eigenvalue weighted by Gasteiger charge is -2.38. The van der Waals surface area contributed by atoms with Crippen LogP contribution >= 0.6 is 0 Å². The molecule has 1 fully saturated rings. The van der Waals surface area contributed by atoms with Gasteiger partial charge in [-0.15, -0.1) is 0 Å². The summed E-state index contributed by atoms with van der Waals surface area (Å²) in [6.45, 7) is 15.2. The first-order chi connectivity index (χ1) is 12.8. The van der Waals surface area contributed by atoms with E-state index in [4.69, 9.17) is 9.16 Å². The van der Waals surface area contributed by atoms with Crippen molar-refractivity contribution >= 4 is 14.3 Å². The summed E-state index contributed by atoms with van der Waals surface area (Å²) in [6.07, 6.45) is 6.20. The van der Waals surface area contributed by atoms with E-state index in [1.807, 2.05) is 13.8 Å². The standard InChI is InChI=1S/C22H42O5Si/c1-16(2)27-21(25)13-11-9-8-10-12-17-18(20(24)14-19(17)23)15-26-28(6,7)22(3,4)5/h8,10,16-20,23-24H,9,11-15H2,1-7H3/b10-8-/t17-,18-,19+,20-/m1/s1. The van der Waals surface area contributed by atoms with Crippen molar-refractivity contribution < 1.29 is 24.2 Å². The summed E-state index contributed by atoms with van der Waals surface area (Å²) in [5.41, 5.74) is 0. The van der Waals surface area contributed by atoms with Gasteiger partial charge in [0.15, 0.2) is 8.32 Å². The minimum atomic E-state index is -1.88. The molecule has 1 aliphatic carbocycles. The van der Waals surface area contributed by atoms with E-state index in [0.29, 0.717) is 19.4 Å². The Hall–Kier alpha value is -0.693. The highest BCUT2D eigenvalue weighted by Crippen LogP contribution is 2.40. The summed E-state index contributed by atoms with van der Waals surface area (Å²) in [7, 11) is -1.88. The number of rotatable bonds is 10. The van der Waals surface area contributed by atoms with Gasteiger partial charge in [0.1, 0.15) is 0 Å². The molecule has 28 heavy (non-hydrogen) atoms. The molecule has 0 saturated heterocycles. The van der Waals surface area contributed by atoms with Crippen LogP contribution in [0.5, 0.6) is 0 Å². The van der Waals surface area contributed by atoms with Crippen molar-refractivity contribution in [2.24, 2.45) is 11.8 Å². The quantitative estimate of drug-likeness (QED) is 0.239. The van der Waals surface area contributed by atoms with Crippen LogP contribution in [0.2, 0.25) is 18.1 Å². The second-order valence-corrected chi connectivity index (χ2v) is 14.7. The number of ether oxygens (including phenoxy) is 1. The molecule has 6 heteroatoms. The van der Waals surface area contributed by atoms with Gasteiger partial charge >= 0.3 is 5.97 Å². The molecule has 5 nitrogen and oxygen atoms in total. The number of aliphatic hydroxyl groups is 2. The van der Waals surface area contributed by atoms with E-state index >= 15 is 0 Å². The molecule has 0 unspecified atom stereocenters. The Kier molecular flexibility index (Phi) is 9.87. The minimum absolute atomic E-state index is 0.0157. The number of carbonyl (C=O) groups is 1. The molecular formula is C22H42O5Si. The van der Waals surface area contributed by atoms with Crippen LogP contribution < -0.4 is 0 Å². The van der Waals surface area contributed by atoms with Crippen molar-refractivity contribution in [1.82, 2.24) is 0 Å². The van der Waals surface area contributed by atoms with Crippen LogP contribution in [0.1, 0.15) is 66.7 Å². The van der Waals surface area contributed by atoms with Crippen LogP contribution in [0.25, 0.3) is 0 Å². The Balaban J connectivity index is 2.48. The predicted octanol–water partition coefficient (Wildman–Crippen LogP) is 4.43. The molecule has 1 rings (SSSR count). The maximum absolute atomic E-state index is 11.5. The summed E-state index contributed by atoms with van der Waals surface area (Å²) in [5, 5.41) is 20.9. The SMILES string of the molecule is CC(C)OC(=O)CCC/C=C\C[C@@H]1[C@@H](CO[Si](C)(C)C(C)(C)C)[C@H](O)C[C@@H]1O. The van der Waals surface area contributed by atoms with Gasteiger partial charge in [-0.05, 0) is 63.6 Å². The number of esters is 1. The summed E-state index contributed by atoms with van der Waals surface area (Å²) in [5.74, 6) is -0.169. The van der Waals surface area contributed by atoms with Crippen molar-refractivity contribution in [3.05, 3.63) is 12.2 Å². The van der Waals surface area contributed by atoms with Gasteiger partial charge in [0.05, 0.1) is 18.3 Å². The molecule has 0 bridgehead atoms. The van der Waals surface area contributed by atoms with Gasteiger partial charge < -0.3 is 19.4 Å². The highest BCUT2D eigenvalue weighted by atomic mass is 28.4. The van der Waals surface area contributed by atoms with Gasteiger partial charge in [0.2, 0.25) is 0 Å². The number of hydrogen-bond acceptors (Lipinski definition) is 5. The zero-order valence-electron chi connectivity index (χ0n) is 18.9. The lowest BCUT2D eigenvalue weighted by molar-refractivity contribution is -0.147. The number of aliphatic hydroxyl groups excluding tert-OH is 2. The zero-order chi connectivity index (χ0) is 21.5. The smallest absolute Gasteiger partial charge is 0.306 e. The third-order valence-electron chi connectivity index (χ3n) is 6.16. The Morgan fingerprint density at radius 2 is 1.75 bits per heavy atom. The van der Waals surface area contributed by atoms with E-state index in [-0.39, 0.29) is 28.9 Å². The van der Waals surface area contributed by atoms with Crippen LogP contribution in [0.15, 0.2) is 12.2 Å². The molecule has 0 aromatic rings. The average Bonchev–Trinajstić information content (AvgIpc) is 2.80. The number of hydrogen-bond donors (Lipinski definition) is 2. The van der Waals surface area contributed by atoms with Crippen LogP contribution in [-0.4, -0.2) is 49.4 Å². The van der Waals surface area contributed by atoms with Gasteiger partial charge in [-0.2, -0.15) is 0 Å². The zero-order valence-corrected chi connectivity index (χ0v) is 19.9. The largest absolute Gasteiger partial charge is 0.463 e. The summed E-state index contributed by atoms with van der Waals surface area (Å²) in [4.78, 5) is 11.5. The lowest BCUT2D eigenvalue weighted by Crippen LogP contribution is -2.43. The first-order valence-corrected chi connectivity index (χ1v) is 13.6. The van der Waals surface area contributed by atoms with Crippen molar-refractivity contribution in [2.75, 3.05) is 6.61 Å². The van der Waals surface area contributed by atoms with E-state index in [1.54, 1.807) is 0 Å². The molecule has 0 aliphatic heterocycles. The summed E-state index contributed by atoms with van der Waals surface area (Å²) < 4.78 is 11.4. The summed E-state index contributed by atoms with van der Waals surface area (Å²) in [6, 6.07) is 0. The predicted molar refractivity (Wildman–Crippen MR) is 116 cm³/mol. The van der Waals surface area contributed by atoms with Gasteiger partial charge in [-0.1, -0.05) is 32.9 Å². The maximum Gasteiger partial charge on any atom is 0.306 e. The van der Waals surface area contributed by atoms with E-state index < -0.39 is 20.5 Å². The molecule has 0 heterocycles. The van der Waals surface area contributed by atoms with E-state index in [0.717, 1.165) is 19.3 Å². The summed E-state index contributed by atoms with van der Waals surface area (Å²) >= 11 is 0. The molecule has 4 atom stereocenters. The molecular weight excluding hydrogens is 372 g/mol. The maximum atomic E-state index is 11.5. The van der Waals surface area contributed by atoms with Crippen molar-refractivity contribution in [3.63, 3.8) is 0 Å². The third-order valence-corrected chi connectivity index (χ3v) is 10.7. The molecule has 0 aromatic heterocycles. The second kappa shape index (κ2) is 10.9. The highest BCUT2D eigenvalue weighted by Gasteiger charge is 2.44. The van der Waals surface area contributed by atoms with Crippen molar-refractivity contribution in [3.8, 4) is 0 Å². The fourth-order valence-corrected chi connectivity index (χ4v) is 4.35. The molecule has 0 radical (unpaired) electrons. The fraction of sp³-hybridized carbons (Fsp3) is 0.864. The van der Waals surface area contributed by atoms with Crippen LogP contribution in [-0.2, 0) is 14.0 Å². The fourth-order valence-electron chi connectivity index (χ4n) is 3.31. The van der Waals surface area contributed by atoms with Gasteiger partial charge in [-0.3, -0.25) is 4.79 Å². The Morgan fingerprint density at radius 3 is 2.32 bits per heavy atom. The van der Waals surface area contributed by atoms with E-state index in [2.05, 4.69) is 46.0 Å². The minimum Gasteiger partial charge on any atom is -0.463 e. The molecule has 0 spiro atoms. The molecule has 1 aliphatic rings. The lowest BCUT2D eigenvalue weighted by atomic mass is 9.91. The number of allylic oxidation sites excluding steroid dienone is 2. The molecule has 0 aromatic carbocycles. The van der Waals surface area contributed by atoms with Crippen LogP contribution in [0.4, 0.5) is 0 Å². The molecule has 1 saturated carbocycles. The Bertz CT molecular complexity index is 510. The van der Waals surface area contributed by atoms with Crippen LogP contribution in [0, 0.1) is 11.8 Å². The Labute approximate surface area is 172 Å². The van der Waals surface area contributed by atoms with E-state index in [1.165, 1.54) is 0 Å². The second-order valence-electron chi connectivity index (χ2n) is 9.91. The Morgan fingerprint density at radius 1 is 1.14 bits per heavy atom. The molecule has 0 amide bonds. The monoisotopic (exact) mass is 414 g/mol. The van der Waals surface area contributed by atoms with Gasteiger partial charge in [0.25, 0.3) is 0 Å². The first kappa shape index (κ1) is 25.3. The topological polar surface area (TPSA) is 76.0 Å². The number of carbonyl (C=O) groups excluding carboxylic acids is 1. The average molecular weight is 415 g/mol. The van der Waals surface area contributed by atoms with E-state index in [9.17, 15) is 15.0 Å². The van der Waals surface area contributed by atoms with Crippen molar-refractivity contribution in [2.45, 2.75) is 103 Å². The third kappa shape index (κ3) is 7.97. The molecule has 2 N–H and O–H groups in total.